The molecule has 0 bridgehead atoms. The van der Waals surface area contributed by atoms with Crippen molar-refractivity contribution < 1.29 is 9.53 Å². The first-order valence-corrected chi connectivity index (χ1v) is 8.62. The van der Waals surface area contributed by atoms with E-state index in [2.05, 4.69) is 4.98 Å². The Morgan fingerprint density at radius 1 is 1.45 bits per heavy atom. The highest BCUT2D eigenvalue weighted by Gasteiger charge is 2.50. The molecule has 1 aromatic heterocycles. The minimum absolute atomic E-state index is 0.234. The van der Waals surface area contributed by atoms with Crippen LogP contribution in [0, 0.1) is 0 Å². The Labute approximate surface area is 136 Å². The lowest BCUT2D eigenvalue weighted by Gasteiger charge is -2.47. The van der Waals surface area contributed by atoms with Crippen molar-refractivity contribution in [3.05, 3.63) is 30.1 Å². The summed E-state index contributed by atoms with van der Waals surface area (Å²) in [6, 6.07) is 3.98. The first-order valence-electron chi connectivity index (χ1n) is 7.63. The number of aromatic nitrogens is 1. The van der Waals surface area contributed by atoms with Crippen LogP contribution in [0.4, 0.5) is 0 Å². The zero-order valence-electron chi connectivity index (χ0n) is 13.2. The highest BCUT2D eigenvalue weighted by atomic mass is 32.2. The normalized spacial score (nSPS) is 23.0. The third kappa shape index (κ3) is 3.62. The van der Waals surface area contributed by atoms with E-state index in [1.165, 1.54) is 0 Å². The second kappa shape index (κ2) is 6.56. The molecule has 1 amide bonds. The van der Waals surface area contributed by atoms with Gasteiger partial charge >= 0.3 is 0 Å². The molecule has 2 fully saturated rings. The number of nitrogens with zero attached hydrogens (tertiary/aromatic N) is 3. The molecule has 0 saturated carbocycles. The summed E-state index contributed by atoms with van der Waals surface area (Å²) in [6.07, 6.45) is 4.94. The number of hydrogen-bond donors (Lipinski definition) is 0. The summed E-state index contributed by atoms with van der Waals surface area (Å²) in [6.45, 7) is 2.90. The van der Waals surface area contributed by atoms with Crippen molar-refractivity contribution in [1.29, 1.82) is 0 Å². The van der Waals surface area contributed by atoms with Gasteiger partial charge in [-0.25, -0.2) is 0 Å². The molecule has 0 radical (unpaired) electrons. The summed E-state index contributed by atoms with van der Waals surface area (Å²) in [4.78, 5) is 19.9. The quantitative estimate of drug-likeness (QED) is 0.817. The van der Waals surface area contributed by atoms with Gasteiger partial charge in [0.05, 0.1) is 24.0 Å². The molecule has 1 atom stereocenters. The van der Waals surface area contributed by atoms with Crippen LogP contribution in [-0.2, 0) is 16.1 Å². The minimum Gasteiger partial charge on any atom is -0.373 e. The zero-order valence-corrected chi connectivity index (χ0v) is 14.0. The number of ether oxygens (including phenoxy) is 1. The smallest absolute Gasteiger partial charge is 0.236 e. The van der Waals surface area contributed by atoms with Crippen LogP contribution in [-0.4, -0.2) is 71.0 Å². The van der Waals surface area contributed by atoms with E-state index in [-0.39, 0.29) is 10.7 Å². The van der Waals surface area contributed by atoms with Gasteiger partial charge in [-0.1, -0.05) is 0 Å². The number of hydrogen-bond acceptors (Lipinski definition) is 5. The summed E-state index contributed by atoms with van der Waals surface area (Å²) in [7, 11) is 3.86. The molecule has 0 aromatic carbocycles. The second-order valence-corrected chi connectivity index (χ2v) is 7.96. The van der Waals surface area contributed by atoms with Crippen LogP contribution in [0.1, 0.15) is 12.0 Å². The van der Waals surface area contributed by atoms with Crippen LogP contribution in [0.5, 0.6) is 0 Å². The van der Waals surface area contributed by atoms with E-state index >= 15 is 0 Å². The molecule has 120 valence electrons. The van der Waals surface area contributed by atoms with Crippen LogP contribution in [0.25, 0.3) is 0 Å². The SMILES string of the molecule is CN(C)CC(=O)N1CC2(CC(OCc3ccncc3)CS2)C1. The molecular weight excluding hydrogens is 298 g/mol. The number of thioether (sulfide) groups is 1. The molecule has 3 heterocycles. The molecule has 0 aliphatic carbocycles. The fraction of sp³-hybridized carbons (Fsp3) is 0.625. The van der Waals surface area contributed by atoms with E-state index in [0.29, 0.717) is 19.3 Å². The molecule has 22 heavy (non-hydrogen) atoms. The van der Waals surface area contributed by atoms with E-state index in [4.69, 9.17) is 4.74 Å². The Balaban J connectivity index is 1.43. The summed E-state index contributed by atoms with van der Waals surface area (Å²) in [5.41, 5.74) is 1.16. The lowest BCUT2D eigenvalue weighted by atomic mass is 9.93. The minimum atomic E-state index is 0.234. The predicted octanol–water partition coefficient (Wildman–Crippen LogP) is 1.25. The highest BCUT2D eigenvalue weighted by Crippen LogP contribution is 2.46. The van der Waals surface area contributed by atoms with Gasteiger partial charge in [-0.3, -0.25) is 9.78 Å². The van der Waals surface area contributed by atoms with Crippen molar-refractivity contribution in [1.82, 2.24) is 14.8 Å². The van der Waals surface area contributed by atoms with Gasteiger partial charge in [0.1, 0.15) is 0 Å². The number of likely N-dealkylation sites (tertiary alicyclic amines) is 1. The third-order valence-corrected chi connectivity index (χ3v) is 5.75. The van der Waals surface area contributed by atoms with Crippen LogP contribution in [0.15, 0.2) is 24.5 Å². The number of likely N-dealkylation sites (N-methyl/N-ethyl adjacent to an activating group) is 1. The molecule has 2 aliphatic heterocycles. The fourth-order valence-electron chi connectivity index (χ4n) is 3.02. The Kier molecular flexibility index (Phi) is 4.70. The summed E-state index contributed by atoms with van der Waals surface area (Å²) in [5, 5.41) is 0. The van der Waals surface area contributed by atoms with Gasteiger partial charge in [-0.2, -0.15) is 0 Å². The van der Waals surface area contributed by atoms with Gasteiger partial charge in [0.2, 0.25) is 5.91 Å². The van der Waals surface area contributed by atoms with Crippen LogP contribution in [0.2, 0.25) is 0 Å². The Bertz CT molecular complexity index is 517. The number of rotatable bonds is 5. The Hall–Kier alpha value is -1.11. The topological polar surface area (TPSA) is 45.7 Å². The maximum atomic E-state index is 12.0. The number of amides is 1. The molecule has 1 spiro atoms. The van der Waals surface area contributed by atoms with Crippen molar-refractivity contribution in [2.75, 3.05) is 39.5 Å². The van der Waals surface area contributed by atoms with Gasteiger partial charge < -0.3 is 14.5 Å². The fourth-order valence-corrected chi connectivity index (χ4v) is 4.57. The number of carbonyl (C=O) groups excluding carboxylic acids is 1. The zero-order chi connectivity index (χ0) is 15.6. The maximum absolute atomic E-state index is 12.0. The van der Waals surface area contributed by atoms with E-state index in [1.807, 2.05) is 47.8 Å². The average molecular weight is 321 g/mol. The third-order valence-electron chi connectivity index (χ3n) is 4.17. The molecule has 3 rings (SSSR count). The molecule has 1 unspecified atom stereocenters. The average Bonchev–Trinajstić information content (AvgIpc) is 2.88. The number of carbonyl (C=O) groups is 1. The van der Waals surface area contributed by atoms with Crippen molar-refractivity contribution in [2.24, 2.45) is 0 Å². The molecule has 1 aromatic rings. The lowest BCUT2D eigenvalue weighted by Crippen LogP contribution is -2.62. The predicted molar refractivity (Wildman–Crippen MR) is 87.8 cm³/mol. The molecular formula is C16H23N3O2S. The van der Waals surface area contributed by atoms with E-state index in [9.17, 15) is 4.79 Å². The van der Waals surface area contributed by atoms with E-state index in [0.717, 1.165) is 30.8 Å². The van der Waals surface area contributed by atoms with Crippen LogP contribution < -0.4 is 0 Å². The van der Waals surface area contributed by atoms with Gasteiger partial charge in [-0.05, 0) is 38.2 Å². The standard InChI is InChI=1S/C16H23N3O2S/c1-18(2)8-15(20)19-11-16(12-19)7-14(10-22-16)21-9-13-3-5-17-6-4-13/h3-6,14H,7-12H2,1-2H3. The summed E-state index contributed by atoms with van der Waals surface area (Å²) in [5.74, 6) is 1.26. The van der Waals surface area contributed by atoms with Crippen molar-refractivity contribution in [2.45, 2.75) is 23.9 Å². The molecule has 2 aliphatic rings. The first kappa shape index (κ1) is 15.8. The van der Waals surface area contributed by atoms with Crippen LogP contribution >= 0.6 is 11.8 Å². The monoisotopic (exact) mass is 321 g/mol. The first-order chi connectivity index (χ1) is 10.6. The highest BCUT2D eigenvalue weighted by molar-refractivity contribution is 8.01. The summed E-state index contributed by atoms with van der Waals surface area (Å²) >= 11 is 1.97. The van der Waals surface area contributed by atoms with Gasteiger partial charge in [-0.15, -0.1) is 11.8 Å². The van der Waals surface area contributed by atoms with Crippen LogP contribution in [0.3, 0.4) is 0 Å². The second-order valence-electron chi connectivity index (χ2n) is 6.47. The Morgan fingerprint density at radius 3 is 2.86 bits per heavy atom. The molecule has 5 nitrogen and oxygen atoms in total. The largest absolute Gasteiger partial charge is 0.373 e. The molecule has 2 saturated heterocycles. The van der Waals surface area contributed by atoms with Crippen molar-refractivity contribution in [3.8, 4) is 0 Å². The number of pyridine rings is 1. The summed E-state index contributed by atoms with van der Waals surface area (Å²) < 4.78 is 6.26. The van der Waals surface area contributed by atoms with Gasteiger partial charge in [0.25, 0.3) is 0 Å². The maximum Gasteiger partial charge on any atom is 0.236 e. The molecule has 0 N–H and O–H groups in total. The molecule has 6 heteroatoms. The van der Waals surface area contributed by atoms with E-state index < -0.39 is 0 Å². The van der Waals surface area contributed by atoms with Crippen molar-refractivity contribution >= 4 is 17.7 Å². The Morgan fingerprint density at radius 2 is 2.18 bits per heavy atom. The van der Waals surface area contributed by atoms with E-state index in [1.54, 1.807) is 12.4 Å². The lowest BCUT2D eigenvalue weighted by molar-refractivity contribution is -0.137. The van der Waals surface area contributed by atoms with Gasteiger partial charge in [0, 0.05) is 31.2 Å². The van der Waals surface area contributed by atoms with Crippen molar-refractivity contribution in [3.63, 3.8) is 0 Å². The van der Waals surface area contributed by atoms with Gasteiger partial charge in [0.15, 0.2) is 0 Å².